The number of halogens is 1. The van der Waals surface area contributed by atoms with Crippen molar-refractivity contribution in [3.63, 3.8) is 0 Å². The molecular weight excluding hydrogens is 310 g/mol. The van der Waals surface area contributed by atoms with Gasteiger partial charge in [0.15, 0.2) is 0 Å². The van der Waals surface area contributed by atoms with Gasteiger partial charge in [-0.1, -0.05) is 17.7 Å². The standard InChI is InChI=1S/C17H22ClN5/c1-12-14(18)5-4-6-15(12)21-16-11-17(20-13(2)19-16)23-9-7-22(3)8-10-23/h4-6,11H,7-10H2,1-3H3,(H,19,20,21). The Morgan fingerprint density at radius 1 is 1.09 bits per heavy atom. The highest BCUT2D eigenvalue weighted by molar-refractivity contribution is 6.31. The first-order valence-corrected chi connectivity index (χ1v) is 8.22. The molecule has 0 aliphatic carbocycles. The molecule has 0 amide bonds. The van der Waals surface area contributed by atoms with Crippen molar-refractivity contribution in [1.82, 2.24) is 14.9 Å². The summed E-state index contributed by atoms with van der Waals surface area (Å²) < 4.78 is 0. The molecule has 0 radical (unpaired) electrons. The molecular formula is C17H22ClN5. The highest BCUT2D eigenvalue weighted by atomic mass is 35.5. The van der Waals surface area contributed by atoms with Gasteiger partial charge < -0.3 is 15.1 Å². The fourth-order valence-corrected chi connectivity index (χ4v) is 2.87. The fourth-order valence-electron chi connectivity index (χ4n) is 2.69. The second-order valence-electron chi connectivity index (χ2n) is 5.99. The van der Waals surface area contributed by atoms with E-state index in [0.29, 0.717) is 0 Å². The van der Waals surface area contributed by atoms with Gasteiger partial charge in [-0.2, -0.15) is 0 Å². The molecule has 1 aromatic carbocycles. The van der Waals surface area contributed by atoms with Crippen LogP contribution in [0.25, 0.3) is 0 Å². The normalized spacial score (nSPS) is 15.7. The number of likely N-dealkylation sites (N-methyl/N-ethyl adjacent to an activating group) is 1. The fraction of sp³-hybridized carbons (Fsp3) is 0.412. The summed E-state index contributed by atoms with van der Waals surface area (Å²) in [6.07, 6.45) is 0. The predicted molar refractivity (Wildman–Crippen MR) is 96.0 cm³/mol. The van der Waals surface area contributed by atoms with Gasteiger partial charge in [-0.25, -0.2) is 9.97 Å². The van der Waals surface area contributed by atoms with Crippen LogP contribution in [-0.2, 0) is 0 Å². The first-order valence-electron chi connectivity index (χ1n) is 7.84. The van der Waals surface area contributed by atoms with E-state index in [1.165, 1.54) is 0 Å². The molecule has 1 N–H and O–H groups in total. The summed E-state index contributed by atoms with van der Waals surface area (Å²) in [7, 11) is 2.15. The molecule has 23 heavy (non-hydrogen) atoms. The van der Waals surface area contributed by atoms with Crippen molar-refractivity contribution in [2.45, 2.75) is 13.8 Å². The lowest BCUT2D eigenvalue weighted by atomic mass is 10.2. The molecule has 1 fully saturated rings. The quantitative estimate of drug-likeness (QED) is 0.935. The summed E-state index contributed by atoms with van der Waals surface area (Å²) in [5.74, 6) is 2.55. The second-order valence-corrected chi connectivity index (χ2v) is 6.39. The van der Waals surface area contributed by atoms with Crippen LogP contribution in [0.1, 0.15) is 11.4 Å². The van der Waals surface area contributed by atoms with Crippen molar-refractivity contribution in [2.75, 3.05) is 43.4 Å². The van der Waals surface area contributed by atoms with Crippen LogP contribution in [-0.4, -0.2) is 48.1 Å². The lowest BCUT2D eigenvalue weighted by Gasteiger charge is -2.33. The molecule has 6 heteroatoms. The Hall–Kier alpha value is -1.85. The van der Waals surface area contributed by atoms with Crippen molar-refractivity contribution in [3.05, 3.63) is 40.7 Å². The molecule has 1 aliphatic rings. The number of rotatable bonds is 3. The molecule has 3 rings (SSSR count). The van der Waals surface area contributed by atoms with E-state index in [1.807, 2.05) is 38.1 Å². The minimum Gasteiger partial charge on any atom is -0.354 e. The van der Waals surface area contributed by atoms with Gasteiger partial charge in [0, 0.05) is 43.0 Å². The largest absolute Gasteiger partial charge is 0.354 e. The van der Waals surface area contributed by atoms with Crippen LogP contribution in [0.2, 0.25) is 5.02 Å². The minimum atomic E-state index is 0.750. The van der Waals surface area contributed by atoms with Crippen LogP contribution in [0.3, 0.4) is 0 Å². The molecule has 0 bridgehead atoms. The van der Waals surface area contributed by atoms with E-state index in [0.717, 1.165) is 59.9 Å². The van der Waals surface area contributed by atoms with E-state index in [-0.39, 0.29) is 0 Å². The summed E-state index contributed by atoms with van der Waals surface area (Å²) in [5, 5.41) is 4.12. The molecule has 122 valence electrons. The summed E-state index contributed by atoms with van der Waals surface area (Å²) in [4.78, 5) is 13.7. The van der Waals surface area contributed by atoms with Crippen LogP contribution in [0.4, 0.5) is 17.3 Å². The van der Waals surface area contributed by atoms with Gasteiger partial charge in [-0.3, -0.25) is 0 Å². The second kappa shape index (κ2) is 6.72. The maximum atomic E-state index is 6.19. The molecule has 2 heterocycles. The number of nitrogens with zero attached hydrogens (tertiary/aromatic N) is 4. The third kappa shape index (κ3) is 3.74. The summed E-state index contributed by atoms with van der Waals surface area (Å²) in [5.41, 5.74) is 1.99. The van der Waals surface area contributed by atoms with E-state index >= 15 is 0 Å². The van der Waals surface area contributed by atoms with E-state index in [2.05, 4.69) is 32.1 Å². The van der Waals surface area contributed by atoms with E-state index in [1.54, 1.807) is 0 Å². The number of benzene rings is 1. The van der Waals surface area contributed by atoms with Crippen LogP contribution >= 0.6 is 11.6 Å². The maximum Gasteiger partial charge on any atom is 0.136 e. The number of nitrogens with one attached hydrogen (secondary N) is 1. The topological polar surface area (TPSA) is 44.3 Å². The summed E-state index contributed by atoms with van der Waals surface area (Å²) in [6, 6.07) is 7.85. The average Bonchev–Trinajstić information content (AvgIpc) is 2.52. The van der Waals surface area contributed by atoms with E-state index in [9.17, 15) is 0 Å². The molecule has 2 aromatic rings. The molecule has 0 spiro atoms. The number of hydrogen-bond acceptors (Lipinski definition) is 5. The van der Waals surface area contributed by atoms with Crippen LogP contribution in [0.15, 0.2) is 24.3 Å². The SMILES string of the molecule is Cc1nc(Nc2cccc(Cl)c2C)cc(N2CCN(C)CC2)n1. The first kappa shape index (κ1) is 16.0. The van der Waals surface area contributed by atoms with Gasteiger partial charge in [0.2, 0.25) is 0 Å². The number of hydrogen-bond donors (Lipinski definition) is 1. The van der Waals surface area contributed by atoms with Gasteiger partial charge in [-0.15, -0.1) is 0 Å². The smallest absolute Gasteiger partial charge is 0.136 e. The Morgan fingerprint density at radius 2 is 1.83 bits per heavy atom. The molecule has 0 unspecified atom stereocenters. The number of aryl methyl sites for hydroxylation is 1. The van der Waals surface area contributed by atoms with Gasteiger partial charge in [0.05, 0.1) is 0 Å². The Bertz CT molecular complexity index is 695. The third-order valence-electron chi connectivity index (χ3n) is 4.18. The van der Waals surface area contributed by atoms with Crippen LogP contribution in [0, 0.1) is 13.8 Å². The zero-order chi connectivity index (χ0) is 16.4. The number of aromatic nitrogens is 2. The van der Waals surface area contributed by atoms with Crippen LogP contribution in [0.5, 0.6) is 0 Å². The third-order valence-corrected chi connectivity index (χ3v) is 4.59. The molecule has 1 aliphatic heterocycles. The van der Waals surface area contributed by atoms with Gasteiger partial charge in [-0.05, 0) is 38.6 Å². The van der Waals surface area contributed by atoms with Gasteiger partial charge in [0.25, 0.3) is 0 Å². The highest BCUT2D eigenvalue weighted by Gasteiger charge is 2.16. The van der Waals surface area contributed by atoms with Crippen molar-refractivity contribution in [1.29, 1.82) is 0 Å². The van der Waals surface area contributed by atoms with Crippen molar-refractivity contribution in [3.8, 4) is 0 Å². The van der Waals surface area contributed by atoms with Crippen molar-refractivity contribution < 1.29 is 0 Å². The minimum absolute atomic E-state index is 0.750. The van der Waals surface area contributed by atoms with E-state index in [4.69, 9.17) is 11.6 Å². The predicted octanol–water partition coefficient (Wildman–Crippen LogP) is 3.24. The Balaban J connectivity index is 1.84. The maximum absolute atomic E-state index is 6.19. The lowest BCUT2D eigenvalue weighted by Crippen LogP contribution is -2.44. The Kier molecular flexibility index (Phi) is 4.68. The molecule has 0 atom stereocenters. The lowest BCUT2D eigenvalue weighted by molar-refractivity contribution is 0.312. The molecule has 0 saturated carbocycles. The van der Waals surface area contributed by atoms with Crippen LogP contribution < -0.4 is 10.2 Å². The zero-order valence-electron chi connectivity index (χ0n) is 13.8. The highest BCUT2D eigenvalue weighted by Crippen LogP contribution is 2.27. The number of piperazine rings is 1. The van der Waals surface area contributed by atoms with Gasteiger partial charge >= 0.3 is 0 Å². The molecule has 1 saturated heterocycles. The summed E-state index contributed by atoms with van der Waals surface area (Å²) >= 11 is 6.19. The number of anilines is 3. The molecule has 5 nitrogen and oxygen atoms in total. The van der Waals surface area contributed by atoms with Crippen molar-refractivity contribution in [2.24, 2.45) is 0 Å². The monoisotopic (exact) mass is 331 g/mol. The average molecular weight is 332 g/mol. The molecule has 1 aromatic heterocycles. The first-order chi connectivity index (χ1) is 11.0. The van der Waals surface area contributed by atoms with Gasteiger partial charge in [0.1, 0.15) is 17.5 Å². The zero-order valence-corrected chi connectivity index (χ0v) is 14.6. The van der Waals surface area contributed by atoms with E-state index < -0.39 is 0 Å². The Labute approximate surface area is 142 Å². The van der Waals surface area contributed by atoms with Crippen molar-refractivity contribution >= 4 is 28.9 Å². The Morgan fingerprint density at radius 3 is 2.57 bits per heavy atom. The summed E-state index contributed by atoms with van der Waals surface area (Å²) in [6.45, 7) is 8.01.